The summed E-state index contributed by atoms with van der Waals surface area (Å²) in [7, 11) is 2.74. The third kappa shape index (κ3) is 4.64. The van der Waals surface area contributed by atoms with Crippen molar-refractivity contribution in [2.75, 3.05) is 17.2 Å². The molecule has 3 rings (SSSR count). The van der Waals surface area contributed by atoms with Crippen molar-refractivity contribution in [1.29, 1.82) is 0 Å². The number of nitrogens with one attached hydrogen (secondary N) is 2. The van der Waals surface area contributed by atoms with E-state index in [0.717, 1.165) is 20.9 Å². The second kappa shape index (κ2) is 8.91. The second-order valence-electron chi connectivity index (χ2n) is 6.43. The fraction of sp³-hybridized carbons (Fsp3) is 0.143. The van der Waals surface area contributed by atoms with Gasteiger partial charge in [-0.2, -0.15) is 0 Å². The Labute approximate surface area is 171 Å². The molecule has 0 saturated heterocycles. The fourth-order valence-electron chi connectivity index (χ4n) is 2.69. The summed E-state index contributed by atoms with van der Waals surface area (Å²) in [6, 6.07) is 17.2. The third-order valence-electron chi connectivity index (χ3n) is 4.33. The molecule has 0 atom stereocenters. The lowest BCUT2D eigenvalue weighted by molar-refractivity contribution is -0.119. The number of para-hydroxylation sites is 2. The van der Waals surface area contributed by atoms with E-state index in [-0.39, 0.29) is 11.4 Å². The van der Waals surface area contributed by atoms with Gasteiger partial charge in [0.15, 0.2) is 6.61 Å². The van der Waals surface area contributed by atoms with E-state index < -0.39 is 29.7 Å². The van der Waals surface area contributed by atoms with Gasteiger partial charge in [0.05, 0.1) is 11.3 Å². The molecule has 0 bridgehead atoms. The third-order valence-corrected chi connectivity index (χ3v) is 4.33. The molecule has 9 nitrogen and oxygen atoms in total. The molecule has 30 heavy (non-hydrogen) atoms. The molecule has 3 aromatic rings. The van der Waals surface area contributed by atoms with Crippen molar-refractivity contribution >= 4 is 29.1 Å². The van der Waals surface area contributed by atoms with Gasteiger partial charge in [-0.1, -0.05) is 30.3 Å². The SMILES string of the molecule is Cn1c(NC(=O)COC(=O)c2ccccc2Nc2ccccc2)cc(=O)n(C)c1=O. The maximum absolute atomic E-state index is 12.5. The van der Waals surface area contributed by atoms with Gasteiger partial charge in [0.1, 0.15) is 5.82 Å². The van der Waals surface area contributed by atoms with Gasteiger partial charge in [0, 0.05) is 25.8 Å². The Kier molecular flexibility index (Phi) is 6.11. The molecule has 0 aliphatic rings. The fourth-order valence-corrected chi connectivity index (χ4v) is 2.69. The molecular weight excluding hydrogens is 388 g/mol. The van der Waals surface area contributed by atoms with E-state index in [2.05, 4.69) is 10.6 Å². The number of carbonyl (C=O) groups excluding carboxylic acids is 2. The molecule has 0 spiro atoms. The number of nitrogens with zero attached hydrogens (tertiary/aromatic N) is 2. The molecule has 1 heterocycles. The van der Waals surface area contributed by atoms with Crippen LogP contribution in [0.2, 0.25) is 0 Å². The molecule has 154 valence electrons. The first kappa shape index (κ1) is 20.6. The lowest BCUT2D eigenvalue weighted by Crippen LogP contribution is -2.38. The van der Waals surface area contributed by atoms with E-state index >= 15 is 0 Å². The summed E-state index contributed by atoms with van der Waals surface area (Å²) in [5.41, 5.74) is 0.433. The number of benzene rings is 2. The van der Waals surface area contributed by atoms with Crippen LogP contribution in [0.15, 0.2) is 70.3 Å². The van der Waals surface area contributed by atoms with E-state index in [1.165, 1.54) is 14.1 Å². The van der Waals surface area contributed by atoms with Gasteiger partial charge in [-0.15, -0.1) is 0 Å². The molecule has 0 aliphatic carbocycles. The largest absolute Gasteiger partial charge is 0.452 e. The predicted octanol–water partition coefficient (Wildman–Crippen LogP) is 1.62. The molecule has 0 radical (unpaired) electrons. The number of carbonyl (C=O) groups is 2. The Balaban J connectivity index is 1.67. The summed E-state index contributed by atoms with van der Waals surface area (Å²) in [6.45, 7) is -0.581. The summed E-state index contributed by atoms with van der Waals surface area (Å²) in [5.74, 6) is -1.36. The molecule has 2 aromatic carbocycles. The van der Waals surface area contributed by atoms with Crippen molar-refractivity contribution in [3.63, 3.8) is 0 Å². The Morgan fingerprint density at radius 1 is 0.933 bits per heavy atom. The van der Waals surface area contributed by atoms with Crippen molar-refractivity contribution in [2.24, 2.45) is 14.1 Å². The van der Waals surface area contributed by atoms with Crippen LogP contribution in [0.5, 0.6) is 0 Å². The van der Waals surface area contributed by atoms with Crippen molar-refractivity contribution in [3.8, 4) is 0 Å². The van der Waals surface area contributed by atoms with Gasteiger partial charge < -0.3 is 15.4 Å². The molecule has 0 fully saturated rings. The zero-order valence-corrected chi connectivity index (χ0v) is 16.4. The monoisotopic (exact) mass is 408 g/mol. The van der Waals surface area contributed by atoms with Crippen LogP contribution in [0.25, 0.3) is 0 Å². The molecule has 0 aliphatic heterocycles. The normalized spacial score (nSPS) is 10.3. The first-order valence-electron chi connectivity index (χ1n) is 9.02. The maximum Gasteiger partial charge on any atom is 0.340 e. The molecule has 1 aromatic heterocycles. The second-order valence-corrected chi connectivity index (χ2v) is 6.43. The zero-order valence-electron chi connectivity index (χ0n) is 16.4. The van der Waals surface area contributed by atoms with Crippen molar-refractivity contribution in [1.82, 2.24) is 9.13 Å². The molecule has 9 heteroatoms. The molecule has 0 saturated carbocycles. The zero-order chi connectivity index (χ0) is 21.7. The van der Waals surface area contributed by atoms with Crippen molar-refractivity contribution in [3.05, 3.63) is 87.1 Å². The minimum absolute atomic E-state index is 0.00953. The van der Waals surface area contributed by atoms with E-state index in [1.807, 2.05) is 30.3 Å². The lowest BCUT2D eigenvalue weighted by atomic mass is 10.1. The van der Waals surface area contributed by atoms with Gasteiger partial charge in [0.2, 0.25) is 0 Å². The molecule has 2 N–H and O–H groups in total. The highest BCUT2D eigenvalue weighted by molar-refractivity contribution is 5.98. The van der Waals surface area contributed by atoms with E-state index in [0.29, 0.717) is 5.69 Å². The van der Waals surface area contributed by atoms with Crippen LogP contribution < -0.4 is 21.9 Å². The number of esters is 1. The van der Waals surface area contributed by atoms with Gasteiger partial charge in [0.25, 0.3) is 11.5 Å². The molecule has 0 unspecified atom stereocenters. The van der Waals surface area contributed by atoms with Crippen LogP contribution in [0, 0.1) is 0 Å². The Morgan fingerprint density at radius 2 is 1.60 bits per heavy atom. The van der Waals surface area contributed by atoms with Gasteiger partial charge in [-0.25, -0.2) is 9.59 Å². The van der Waals surface area contributed by atoms with Crippen LogP contribution in [-0.4, -0.2) is 27.6 Å². The highest BCUT2D eigenvalue weighted by atomic mass is 16.5. The van der Waals surface area contributed by atoms with Crippen LogP contribution in [0.3, 0.4) is 0 Å². The molecular formula is C21H20N4O5. The first-order chi connectivity index (χ1) is 14.4. The maximum atomic E-state index is 12.5. The summed E-state index contributed by atoms with van der Waals surface area (Å²) in [6.07, 6.45) is 0. The van der Waals surface area contributed by atoms with Crippen LogP contribution in [0.4, 0.5) is 17.2 Å². The minimum Gasteiger partial charge on any atom is -0.452 e. The van der Waals surface area contributed by atoms with Gasteiger partial charge in [-0.05, 0) is 24.3 Å². The summed E-state index contributed by atoms with van der Waals surface area (Å²) >= 11 is 0. The van der Waals surface area contributed by atoms with E-state index in [9.17, 15) is 19.2 Å². The van der Waals surface area contributed by atoms with Crippen LogP contribution in [-0.2, 0) is 23.6 Å². The number of amides is 1. The number of anilines is 3. The van der Waals surface area contributed by atoms with Crippen molar-refractivity contribution in [2.45, 2.75) is 0 Å². The van der Waals surface area contributed by atoms with Crippen molar-refractivity contribution < 1.29 is 14.3 Å². The number of ether oxygens (including phenoxy) is 1. The summed E-state index contributed by atoms with van der Waals surface area (Å²) in [5, 5.41) is 5.53. The minimum atomic E-state index is -0.693. The average molecular weight is 408 g/mol. The number of aromatic nitrogens is 2. The first-order valence-corrected chi connectivity index (χ1v) is 9.02. The Hall–Kier alpha value is -4.14. The van der Waals surface area contributed by atoms with Gasteiger partial charge in [-0.3, -0.25) is 18.7 Å². The average Bonchev–Trinajstić information content (AvgIpc) is 2.75. The summed E-state index contributed by atoms with van der Waals surface area (Å²) < 4.78 is 7.12. The Morgan fingerprint density at radius 3 is 2.33 bits per heavy atom. The van der Waals surface area contributed by atoms with Crippen LogP contribution >= 0.6 is 0 Å². The number of hydrogen-bond donors (Lipinski definition) is 2. The van der Waals surface area contributed by atoms with Crippen LogP contribution in [0.1, 0.15) is 10.4 Å². The van der Waals surface area contributed by atoms with Gasteiger partial charge >= 0.3 is 11.7 Å². The topological polar surface area (TPSA) is 111 Å². The number of rotatable bonds is 6. The number of hydrogen-bond acceptors (Lipinski definition) is 6. The highest BCUT2D eigenvalue weighted by Crippen LogP contribution is 2.21. The lowest BCUT2D eigenvalue weighted by Gasteiger charge is -2.13. The quantitative estimate of drug-likeness (QED) is 0.600. The predicted molar refractivity (Wildman–Crippen MR) is 112 cm³/mol. The standard InChI is InChI=1S/C21H20N4O5/c1-24-17(12-19(27)25(2)21(24)29)23-18(26)13-30-20(28)15-10-6-7-11-16(15)22-14-8-4-3-5-9-14/h3-12,22H,13H2,1-2H3,(H,23,26). The highest BCUT2D eigenvalue weighted by Gasteiger charge is 2.15. The Bertz CT molecular complexity index is 1200. The van der Waals surface area contributed by atoms with E-state index in [1.54, 1.807) is 24.3 Å². The smallest absolute Gasteiger partial charge is 0.340 e. The van der Waals surface area contributed by atoms with E-state index in [4.69, 9.17) is 4.74 Å². The summed E-state index contributed by atoms with van der Waals surface area (Å²) in [4.78, 5) is 48.3. The molecule has 1 amide bonds.